The predicted octanol–water partition coefficient (Wildman–Crippen LogP) is 4.13. The fourth-order valence-corrected chi connectivity index (χ4v) is 3.57. The summed E-state index contributed by atoms with van der Waals surface area (Å²) < 4.78 is 7.36. The third-order valence-corrected chi connectivity index (χ3v) is 4.69. The number of ketones is 1. The Labute approximate surface area is 150 Å². The molecule has 0 unspecified atom stereocenters. The second-order valence-corrected chi connectivity index (χ2v) is 7.00. The number of nitrogens with zero attached hydrogens (tertiary/aromatic N) is 1. The SMILES string of the molecule is Cc1cc(Br)c2c(c1)C(=O)C(=O)N2CCOc1ccc(Br)cc1. The van der Waals surface area contributed by atoms with Crippen LogP contribution in [-0.2, 0) is 4.79 Å². The molecule has 3 rings (SSSR count). The molecular formula is C17H13Br2NO3. The van der Waals surface area contributed by atoms with Gasteiger partial charge in [-0.15, -0.1) is 0 Å². The number of anilines is 1. The fourth-order valence-electron chi connectivity index (χ4n) is 2.52. The number of aryl methyl sites for hydroxylation is 1. The lowest BCUT2D eigenvalue weighted by molar-refractivity contribution is -0.114. The zero-order chi connectivity index (χ0) is 16.6. The summed E-state index contributed by atoms with van der Waals surface area (Å²) >= 11 is 6.81. The van der Waals surface area contributed by atoms with Gasteiger partial charge in [0.2, 0.25) is 0 Å². The molecule has 0 fully saturated rings. The number of ether oxygens (including phenoxy) is 1. The lowest BCUT2D eigenvalue weighted by Gasteiger charge is -2.18. The second-order valence-electron chi connectivity index (χ2n) is 5.23. The standard InChI is InChI=1S/C17H13Br2NO3/c1-10-8-13-15(14(19)9-10)20(17(22)16(13)21)6-7-23-12-4-2-11(18)3-5-12/h2-5,8-9H,6-7H2,1H3. The highest BCUT2D eigenvalue weighted by Crippen LogP contribution is 2.36. The Morgan fingerprint density at radius 1 is 1.09 bits per heavy atom. The van der Waals surface area contributed by atoms with Gasteiger partial charge in [-0.3, -0.25) is 9.59 Å². The van der Waals surface area contributed by atoms with Crippen LogP contribution in [-0.4, -0.2) is 24.8 Å². The summed E-state index contributed by atoms with van der Waals surface area (Å²) in [6.45, 7) is 2.51. The van der Waals surface area contributed by atoms with E-state index in [0.29, 0.717) is 24.4 Å². The van der Waals surface area contributed by atoms with Crippen molar-refractivity contribution < 1.29 is 14.3 Å². The molecule has 0 N–H and O–H groups in total. The number of carbonyl (C=O) groups is 2. The van der Waals surface area contributed by atoms with Gasteiger partial charge in [-0.1, -0.05) is 15.9 Å². The van der Waals surface area contributed by atoms with E-state index in [2.05, 4.69) is 31.9 Å². The molecular weight excluding hydrogens is 426 g/mol. The highest BCUT2D eigenvalue weighted by molar-refractivity contribution is 9.10. The van der Waals surface area contributed by atoms with Gasteiger partial charge >= 0.3 is 0 Å². The maximum Gasteiger partial charge on any atom is 0.299 e. The van der Waals surface area contributed by atoms with Crippen LogP contribution in [0.5, 0.6) is 5.75 Å². The molecule has 0 bridgehead atoms. The fraction of sp³-hybridized carbons (Fsp3) is 0.176. The van der Waals surface area contributed by atoms with Gasteiger partial charge in [-0.2, -0.15) is 0 Å². The first-order valence-electron chi connectivity index (χ1n) is 7.02. The van der Waals surface area contributed by atoms with Crippen molar-refractivity contribution in [3.8, 4) is 5.75 Å². The van der Waals surface area contributed by atoms with E-state index >= 15 is 0 Å². The number of hydrogen-bond donors (Lipinski definition) is 0. The number of carbonyl (C=O) groups excluding carboxylic acids is 2. The number of rotatable bonds is 4. The average molecular weight is 439 g/mol. The Balaban J connectivity index is 1.75. The summed E-state index contributed by atoms with van der Waals surface area (Å²) in [7, 11) is 0. The quantitative estimate of drug-likeness (QED) is 0.674. The van der Waals surface area contributed by atoms with Gasteiger partial charge in [0.15, 0.2) is 0 Å². The van der Waals surface area contributed by atoms with Crippen molar-refractivity contribution in [3.05, 3.63) is 56.5 Å². The Hall–Kier alpha value is -1.66. The third kappa shape index (κ3) is 3.19. The minimum absolute atomic E-state index is 0.306. The molecule has 118 valence electrons. The smallest absolute Gasteiger partial charge is 0.299 e. The summed E-state index contributed by atoms with van der Waals surface area (Å²) in [6.07, 6.45) is 0. The number of Topliss-reactive ketones (excluding diaryl/α,β-unsaturated/α-hetero) is 1. The summed E-state index contributed by atoms with van der Waals surface area (Å²) in [5.41, 5.74) is 2.01. The molecule has 2 aromatic carbocycles. The predicted molar refractivity (Wildman–Crippen MR) is 95.2 cm³/mol. The molecule has 4 nitrogen and oxygen atoms in total. The van der Waals surface area contributed by atoms with Crippen LogP contribution in [0.25, 0.3) is 0 Å². The highest BCUT2D eigenvalue weighted by atomic mass is 79.9. The van der Waals surface area contributed by atoms with E-state index in [9.17, 15) is 9.59 Å². The van der Waals surface area contributed by atoms with E-state index in [1.165, 1.54) is 4.90 Å². The monoisotopic (exact) mass is 437 g/mol. The van der Waals surface area contributed by atoms with Crippen LogP contribution in [0, 0.1) is 6.92 Å². The molecule has 0 aliphatic carbocycles. The molecule has 0 spiro atoms. The Morgan fingerprint density at radius 3 is 2.48 bits per heavy atom. The van der Waals surface area contributed by atoms with Crippen molar-refractivity contribution in [3.63, 3.8) is 0 Å². The van der Waals surface area contributed by atoms with E-state index in [4.69, 9.17) is 4.74 Å². The highest BCUT2D eigenvalue weighted by Gasteiger charge is 2.37. The minimum atomic E-state index is -0.509. The molecule has 1 amide bonds. The van der Waals surface area contributed by atoms with Crippen molar-refractivity contribution >= 4 is 49.2 Å². The van der Waals surface area contributed by atoms with Gasteiger partial charge in [-0.25, -0.2) is 0 Å². The third-order valence-electron chi connectivity index (χ3n) is 3.56. The van der Waals surface area contributed by atoms with Crippen LogP contribution < -0.4 is 9.64 Å². The molecule has 0 saturated carbocycles. The summed E-state index contributed by atoms with van der Waals surface area (Å²) in [5, 5.41) is 0. The van der Waals surface area contributed by atoms with Gasteiger partial charge in [0.25, 0.3) is 11.7 Å². The van der Waals surface area contributed by atoms with Gasteiger partial charge in [-0.05, 0) is 64.8 Å². The minimum Gasteiger partial charge on any atom is -0.492 e. The molecule has 23 heavy (non-hydrogen) atoms. The van der Waals surface area contributed by atoms with Crippen LogP contribution >= 0.6 is 31.9 Å². The van der Waals surface area contributed by atoms with E-state index in [1.807, 2.05) is 37.3 Å². The number of halogens is 2. The summed E-state index contributed by atoms with van der Waals surface area (Å²) in [4.78, 5) is 25.8. The Bertz CT molecular complexity index is 787. The van der Waals surface area contributed by atoms with Crippen molar-refractivity contribution in [2.75, 3.05) is 18.1 Å². The lowest BCUT2D eigenvalue weighted by atomic mass is 10.1. The largest absolute Gasteiger partial charge is 0.492 e. The molecule has 1 aliphatic rings. The molecule has 0 radical (unpaired) electrons. The topological polar surface area (TPSA) is 46.6 Å². The first-order chi connectivity index (χ1) is 11.0. The van der Waals surface area contributed by atoms with E-state index in [-0.39, 0.29) is 0 Å². The van der Waals surface area contributed by atoms with Crippen molar-refractivity contribution in [1.29, 1.82) is 0 Å². The van der Waals surface area contributed by atoms with Gasteiger partial charge < -0.3 is 9.64 Å². The van der Waals surface area contributed by atoms with Crippen LogP contribution in [0.15, 0.2) is 45.3 Å². The first-order valence-corrected chi connectivity index (χ1v) is 8.60. The summed E-state index contributed by atoms with van der Waals surface area (Å²) in [5.74, 6) is -0.256. The second kappa shape index (κ2) is 6.45. The van der Waals surface area contributed by atoms with Crippen LogP contribution in [0.1, 0.15) is 15.9 Å². The molecule has 0 saturated heterocycles. The number of amides is 1. The van der Waals surface area contributed by atoms with Crippen molar-refractivity contribution in [2.24, 2.45) is 0 Å². The Kier molecular flexibility index (Phi) is 4.55. The lowest BCUT2D eigenvalue weighted by Crippen LogP contribution is -2.33. The molecule has 0 atom stereocenters. The first kappa shape index (κ1) is 16.2. The maximum absolute atomic E-state index is 12.2. The maximum atomic E-state index is 12.2. The van der Waals surface area contributed by atoms with E-state index in [1.54, 1.807) is 6.07 Å². The zero-order valence-electron chi connectivity index (χ0n) is 12.3. The number of hydrogen-bond acceptors (Lipinski definition) is 3. The molecule has 1 heterocycles. The molecule has 0 aromatic heterocycles. The normalized spacial score (nSPS) is 13.4. The van der Waals surface area contributed by atoms with E-state index < -0.39 is 11.7 Å². The molecule has 6 heteroatoms. The van der Waals surface area contributed by atoms with Gasteiger partial charge in [0.1, 0.15) is 12.4 Å². The van der Waals surface area contributed by atoms with E-state index in [0.717, 1.165) is 20.3 Å². The van der Waals surface area contributed by atoms with Gasteiger partial charge in [0, 0.05) is 8.95 Å². The van der Waals surface area contributed by atoms with Crippen LogP contribution in [0.4, 0.5) is 5.69 Å². The Morgan fingerprint density at radius 2 is 1.78 bits per heavy atom. The van der Waals surface area contributed by atoms with Gasteiger partial charge in [0.05, 0.1) is 17.8 Å². The number of benzene rings is 2. The molecule has 1 aliphatic heterocycles. The zero-order valence-corrected chi connectivity index (χ0v) is 15.5. The van der Waals surface area contributed by atoms with Crippen molar-refractivity contribution in [2.45, 2.75) is 6.92 Å². The molecule has 2 aromatic rings. The van der Waals surface area contributed by atoms with Crippen LogP contribution in [0.3, 0.4) is 0 Å². The summed E-state index contributed by atoms with van der Waals surface area (Å²) in [6, 6.07) is 11.1. The van der Waals surface area contributed by atoms with Crippen molar-refractivity contribution in [1.82, 2.24) is 0 Å². The van der Waals surface area contributed by atoms with Crippen LogP contribution in [0.2, 0.25) is 0 Å². The average Bonchev–Trinajstić information content (AvgIpc) is 2.74. The number of fused-ring (bicyclic) bond motifs is 1.